The number of benzene rings is 2. The fraction of sp³-hybridized carbons (Fsp3) is 0.333. The first-order chi connectivity index (χ1) is 17.5. The average Bonchev–Trinajstić information content (AvgIpc) is 3.61. The van der Waals surface area contributed by atoms with Gasteiger partial charge < -0.3 is 10.3 Å². The van der Waals surface area contributed by atoms with E-state index < -0.39 is 5.92 Å². The minimum absolute atomic E-state index is 0.0191. The number of nitrogens with zero attached hydrogens (tertiary/aromatic N) is 1. The highest BCUT2D eigenvalue weighted by atomic mass is 32.2. The van der Waals surface area contributed by atoms with Crippen LogP contribution in [-0.4, -0.2) is 39.4 Å². The van der Waals surface area contributed by atoms with E-state index in [0.717, 1.165) is 21.9 Å². The van der Waals surface area contributed by atoms with Gasteiger partial charge >= 0.3 is 4.87 Å². The van der Waals surface area contributed by atoms with Crippen molar-refractivity contribution in [2.75, 3.05) is 11.9 Å². The summed E-state index contributed by atoms with van der Waals surface area (Å²) in [5.41, 5.74) is 1.78. The second-order valence-corrected chi connectivity index (χ2v) is 12.3. The number of aromatic amines is 1. The molecule has 182 valence electrons. The number of thioether (sulfide) groups is 1. The van der Waals surface area contributed by atoms with E-state index >= 15 is 0 Å². The molecule has 2 bridgehead atoms. The largest absolute Gasteiger partial charge is 0.325 e. The van der Waals surface area contributed by atoms with Crippen LogP contribution in [0.25, 0.3) is 0 Å². The number of carbonyl (C=O) groups is 3. The molecule has 7 atom stereocenters. The lowest BCUT2D eigenvalue weighted by Crippen LogP contribution is -2.42. The lowest BCUT2D eigenvalue weighted by Gasteiger charge is -2.43. The Labute approximate surface area is 215 Å². The van der Waals surface area contributed by atoms with Crippen LogP contribution in [0.5, 0.6) is 0 Å². The van der Waals surface area contributed by atoms with E-state index in [1.807, 2.05) is 36.4 Å². The van der Waals surface area contributed by atoms with Crippen LogP contribution in [0.4, 0.5) is 5.69 Å². The highest BCUT2D eigenvalue weighted by Crippen LogP contribution is 2.68. The van der Waals surface area contributed by atoms with Crippen LogP contribution in [0.15, 0.2) is 70.5 Å². The second kappa shape index (κ2) is 8.18. The summed E-state index contributed by atoms with van der Waals surface area (Å²) in [5, 5.41) is 3.83. The molecular weight excluding hydrogens is 494 g/mol. The van der Waals surface area contributed by atoms with Gasteiger partial charge in [0.1, 0.15) is 6.54 Å². The molecule has 0 spiro atoms. The number of para-hydroxylation sites is 1. The Hall–Kier alpha value is -3.17. The van der Waals surface area contributed by atoms with Crippen molar-refractivity contribution in [3.8, 4) is 0 Å². The number of carbonyl (C=O) groups excluding carboxylic acids is 3. The minimum atomic E-state index is -0.391. The van der Waals surface area contributed by atoms with E-state index in [0.29, 0.717) is 5.69 Å². The molecule has 9 heteroatoms. The van der Waals surface area contributed by atoms with Gasteiger partial charge in [0.15, 0.2) is 0 Å². The van der Waals surface area contributed by atoms with Gasteiger partial charge in [0.05, 0.1) is 16.9 Å². The zero-order chi connectivity index (χ0) is 24.6. The zero-order valence-electron chi connectivity index (χ0n) is 19.1. The number of likely N-dealkylation sites (tertiary alicyclic amines) is 1. The molecule has 4 aliphatic rings. The van der Waals surface area contributed by atoms with E-state index in [2.05, 4.69) is 22.4 Å². The van der Waals surface area contributed by atoms with Crippen LogP contribution in [0, 0.1) is 29.6 Å². The van der Waals surface area contributed by atoms with Crippen LogP contribution in [0.2, 0.25) is 0 Å². The summed E-state index contributed by atoms with van der Waals surface area (Å²) >= 11 is 2.93. The summed E-state index contributed by atoms with van der Waals surface area (Å²) in [5.74, 6) is -1.30. The molecule has 7 rings (SSSR count). The van der Waals surface area contributed by atoms with E-state index in [-0.39, 0.29) is 64.0 Å². The third-order valence-electron chi connectivity index (χ3n) is 8.33. The van der Waals surface area contributed by atoms with Gasteiger partial charge in [-0.1, -0.05) is 59.9 Å². The third kappa shape index (κ3) is 3.18. The van der Waals surface area contributed by atoms with Crippen LogP contribution in [0.3, 0.4) is 0 Å². The molecule has 3 fully saturated rings. The molecule has 2 N–H and O–H groups in total. The first-order valence-corrected chi connectivity index (χ1v) is 13.9. The normalized spacial score (nSPS) is 31.8. The van der Waals surface area contributed by atoms with Gasteiger partial charge in [-0.05, 0) is 41.9 Å². The number of rotatable bonds is 4. The Kier molecular flexibility index (Phi) is 5.01. The summed E-state index contributed by atoms with van der Waals surface area (Å²) < 4.78 is 0. The molecule has 1 aromatic heterocycles. The molecule has 3 heterocycles. The van der Waals surface area contributed by atoms with Gasteiger partial charge in [0.25, 0.3) is 0 Å². The first-order valence-electron chi connectivity index (χ1n) is 12.2. The maximum absolute atomic E-state index is 13.6. The van der Waals surface area contributed by atoms with Crippen LogP contribution in [-0.2, 0) is 14.4 Å². The lowest BCUT2D eigenvalue weighted by molar-refractivity contribution is -0.143. The first kappa shape index (κ1) is 22.1. The molecule has 1 saturated heterocycles. The topological polar surface area (TPSA) is 99.3 Å². The molecular formula is C27H23N3O4S2. The summed E-state index contributed by atoms with van der Waals surface area (Å²) in [4.78, 5) is 57.3. The summed E-state index contributed by atoms with van der Waals surface area (Å²) in [7, 11) is 0. The zero-order valence-corrected chi connectivity index (χ0v) is 20.8. The van der Waals surface area contributed by atoms with Crippen molar-refractivity contribution in [1.29, 1.82) is 0 Å². The second-order valence-electron chi connectivity index (χ2n) is 10.0. The van der Waals surface area contributed by atoms with E-state index in [4.69, 9.17) is 0 Å². The fourth-order valence-corrected chi connectivity index (χ4v) is 10.0. The van der Waals surface area contributed by atoms with Gasteiger partial charge in [-0.15, -0.1) is 11.8 Å². The van der Waals surface area contributed by atoms with E-state index in [1.165, 1.54) is 16.2 Å². The molecule has 36 heavy (non-hydrogen) atoms. The molecule has 0 radical (unpaired) electrons. The van der Waals surface area contributed by atoms with Gasteiger partial charge in [0.2, 0.25) is 17.7 Å². The SMILES string of the molecule is O=C(CN1C(=O)[C@@H]2[C@H]3C[C@@H]([C@@H]2C1=O)[C@@H]1[C@@H](c2ccccc2)c2sc(=O)[nH]c2S[C@H]31)Nc1ccccc1. The highest BCUT2D eigenvalue weighted by molar-refractivity contribution is 8.00. The van der Waals surface area contributed by atoms with Gasteiger partial charge in [-0.2, -0.15) is 0 Å². The highest BCUT2D eigenvalue weighted by Gasteiger charge is 2.69. The van der Waals surface area contributed by atoms with Crippen molar-refractivity contribution in [3.63, 3.8) is 0 Å². The van der Waals surface area contributed by atoms with E-state index in [1.54, 1.807) is 23.9 Å². The number of aromatic nitrogens is 1. The molecule has 3 aromatic rings. The molecule has 3 amide bonds. The van der Waals surface area contributed by atoms with Crippen LogP contribution >= 0.6 is 23.1 Å². The van der Waals surface area contributed by atoms with Gasteiger partial charge in [-0.3, -0.25) is 24.1 Å². The summed E-state index contributed by atoms with van der Waals surface area (Å²) in [6.45, 7) is -0.260. The van der Waals surface area contributed by atoms with Crippen molar-refractivity contribution in [2.45, 2.75) is 22.6 Å². The van der Waals surface area contributed by atoms with Crippen molar-refractivity contribution in [2.24, 2.45) is 29.6 Å². The van der Waals surface area contributed by atoms with Crippen molar-refractivity contribution in [1.82, 2.24) is 9.88 Å². The monoisotopic (exact) mass is 517 g/mol. The smallest absolute Gasteiger partial charge is 0.305 e. The molecule has 2 aromatic carbocycles. The summed E-state index contributed by atoms with van der Waals surface area (Å²) in [6.07, 6.45) is 0.835. The Bertz CT molecular complexity index is 1440. The number of amides is 3. The van der Waals surface area contributed by atoms with Crippen molar-refractivity contribution >= 4 is 46.5 Å². The standard InChI is InChI=1S/C27H23N3O4S2/c31-17(28-14-9-5-2-6-10-14)12-30-25(32)20-15-11-16(21(20)26(30)33)22-19(15)18(13-7-3-1-4-8-13)23-24(35-22)29-27(34)36-23/h1-10,15-16,18-22H,11-12H2,(H,28,31)(H,29,34)/t15-,16-,18-,19-,20+,21-,22-/m1/s1. The predicted octanol–water partition coefficient (Wildman–Crippen LogP) is 3.55. The number of thiazole rings is 1. The number of hydrogen-bond acceptors (Lipinski definition) is 6. The number of nitrogens with one attached hydrogen (secondary N) is 2. The summed E-state index contributed by atoms with van der Waals surface area (Å²) in [6, 6.07) is 19.2. The van der Waals surface area contributed by atoms with Crippen LogP contribution in [0.1, 0.15) is 22.8 Å². The molecule has 2 aliphatic carbocycles. The molecule has 0 unspecified atom stereocenters. The minimum Gasteiger partial charge on any atom is -0.325 e. The number of H-pyrrole nitrogens is 1. The maximum Gasteiger partial charge on any atom is 0.305 e. The van der Waals surface area contributed by atoms with Crippen molar-refractivity contribution < 1.29 is 14.4 Å². The average molecular weight is 518 g/mol. The predicted molar refractivity (Wildman–Crippen MR) is 137 cm³/mol. The molecule has 2 aliphatic heterocycles. The van der Waals surface area contributed by atoms with Gasteiger partial charge in [-0.25, -0.2) is 0 Å². The third-order valence-corrected chi connectivity index (χ3v) is 10.9. The quantitative estimate of drug-likeness (QED) is 0.516. The fourth-order valence-electron chi connectivity index (χ4n) is 7.13. The maximum atomic E-state index is 13.6. The van der Waals surface area contributed by atoms with Gasteiger partial charge in [0, 0.05) is 21.7 Å². The Balaban J connectivity index is 1.20. The Morgan fingerprint density at radius 2 is 1.61 bits per heavy atom. The van der Waals surface area contributed by atoms with Crippen LogP contribution < -0.4 is 10.2 Å². The number of fused-ring (bicyclic) bond motifs is 9. The lowest BCUT2D eigenvalue weighted by atomic mass is 9.68. The van der Waals surface area contributed by atoms with Crippen molar-refractivity contribution in [3.05, 3.63) is 80.8 Å². The number of anilines is 1. The molecule has 7 nitrogen and oxygen atoms in total. The van der Waals surface area contributed by atoms with E-state index in [9.17, 15) is 19.2 Å². The number of hydrogen-bond donors (Lipinski definition) is 2. The molecule has 2 saturated carbocycles. The Morgan fingerprint density at radius 3 is 2.33 bits per heavy atom. The Morgan fingerprint density at radius 1 is 0.944 bits per heavy atom. The number of imide groups is 1.